The molecule has 17 heavy (non-hydrogen) atoms. The largest absolute Gasteiger partial charge is 0.469 e. The van der Waals surface area contributed by atoms with Crippen molar-refractivity contribution in [1.82, 2.24) is 5.43 Å². The van der Waals surface area contributed by atoms with Gasteiger partial charge in [-0.2, -0.15) is 5.10 Å². The Kier molecular flexibility index (Phi) is 3.75. The van der Waals surface area contributed by atoms with E-state index in [4.69, 9.17) is 4.42 Å². The Morgan fingerprint density at radius 1 is 1.65 bits per heavy atom. The molecule has 2 aromatic rings. The number of furan rings is 1. The van der Waals surface area contributed by atoms with Gasteiger partial charge in [-0.15, -0.1) is 11.3 Å². The smallest absolute Gasteiger partial charge is 0.274 e. The zero-order chi connectivity index (χ0) is 12.3. The summed E-state index contributed by atoms with van der Waals surface area (Å²) in [6, 6.07) is 3.53. The van der Waals surface area contributed by atoms with Gasteiger partial charge in [0.05, 0.1) is 18.0 Å². The molecule has 0 atom stereocenters. The monoisotopic (exact) mass is 312 g/mol. The molecular weight excluding hydrogens is 304 g/mol. The maximum atomic E-state index is 11.6. The Bertz CT molecular complexity index is 559. The van der Waals surface area contributed by atoms with Crippen molar-refractivity contribution >= 4 is 39.4 Å². The van der Waals surface area contributed by atoms with Gasteiger partial charge in [-0.05, 0) is 35.0 Å². The minimum Gasteiger partial charge on any atom is -0.469 e. The van der Waals surface area contributed by atoms with Gasteiger partial charge in [-0.25, -0.2) is 5.43 Å². The lowest BCUT2D eigenvalue weighted by molar-refractivity contribution is 0.0953. The van der Waals surface area contributed by atoms with E-state index in [1.165, 1.54) is 17.6 Å². The summed E-state index contributed by atoms with van der Waals surface area (Å²) in [5, 5.41) is 5.82. The molecule has 88 valence electrons. The van der Waals surface area contributed by atoms with Gasteiger partial charge in [-0.3, -0.25) is 4.79 Å². The number of nitrogens with zero attached hydrogens (tertiary/aromatic N) is 1. The molecule has 0 aromatic carbocycles. The fraction of sp³-hybridized carbons (Fsp3) is 0.0909. The van der Waals surface area contributed by atoms with Gasteiger partial charge in [0.2, 0.25) is 0 Å². The molecule has 0 unspecified atom stereocenters. The molecule has 0 radical (unpaired) electrons. The third kappa shape index (κ3) is 3.04. The van der Waals surface area contributed by atoms with Crippen molar-refractivity contribution < 1.29 is 9.21 Å². The second-order valence-corrected chi connectivity index (χ2v) is 5.12. The van der Waals surface area contributed by atoms with Crippen LogP contribution in [0.15, 0.2) is 37.8 Å². The van der Waals surface area contributed by atoms with Crippen molar-refractivity contribution in [2.75, 3.05) is 0 Å². The van der Waals surface area contributed by atoms with E-state index in [9.17, 15) is 4.79 Å². The molecule has 0 aliphatic carbocycles. The zero-order valence-electron chi connectivity index (χ0n) is 8.94. The molecule has 2 rings (SSSR count). The molecule has 2 heterocycles. The van der Waals surface area contributed by atoms with Crippen molar-refractivity contribution in [3.63, 3.8) is 0 Å². The van der Waals surface area contributed by atoms with Gasteiger partial charge in [0, 0.05) is 14.7 Å². The number of aryl methyl sites for hydroxylation is 1. The fourth-order valence-corrected chi connectivity index (χ4v) is 2.54. The molecule has 6 heteroatoms. The maximum Gasteiger partial charge on any atom is 0.274 e. The van der Waals surface area contributed by atoms with E-state index in [1.807, 2.05) is 11.4 Å². The van der Waals surface area contributed by atoms with Crippen LogP contribution in [0.4, 0.5) is 0 Å². The molecule has 2 aromatic heterocycles. The topological polar surface area (TPSA) is 54.6 Å². The number of hydrogen-bond donors (Lipinski definition) is 1. The molecule has 0 bridgehead atoms. The van der Waals surface area contributed by atoms with E-state index in [1.54, 1.807) is 19.2 Å². The lowest BCUT2D eigenvalue weighted by atomic mass is 10.2. The standard InChI is InChI=1S/C11H9BrN2O2S/c1-7-10(2-3-16-7)11(15)14-13-5-9-4-8(12)6-17-9/h2-6H,1H3,(H,14,15)/b13-5+. The van der Waals surface area contributed by atoms with E-state index < -0.39 is 0 Å². The van der Waals surface area contributed by atoms with Crippen LogP contribution in [-0.4, -0.2) is 12.1 Å². The van der Waals surface area contributed by atoms with Crippen LogP contribution in [0.5, 0.6) is 0 Å². The van der Waals surface area contributed by atoms with E-state index in [0.717, 1.165) is 9.35 Å². The van der Waals surface area contributed by atoms with Gasteiger partial charge >= 0.3 is 0 Å². The van der Waals surface area contributed by atoms with Crippen molar-refractivity contribution in [1.29, 1.82) is 0 Å². The first kappa shape index (κ1) is 12.1. The quantitative estimate of drug-likeness (QED) is 0.699. The number of thiophene rings is 1. The van der Waals surface area contributed by atoms with Crippen molar-refractivity contribution in [2.24, 2.45) is 5.10 Å². The minimum absolute atomic E-state index is 0.275. The highest BCUT2D eigenvalue weighted by molar-refractivity contribution is 9.10. The highest BCUT2D eigenvalue weighted by atomic mass is 79.9. The van der Waals surface area contributed by atoms with Gasteiger partial charge in [0.25, 0.3) is 5.91 Å². The summed E-state index contributed by atoms with van der Waals surface area (Å²) in [4.78, 5) is 12.6. The first-order chi connectivity index (χ1) is 8.16. The molecule has 1 N–H and O–H groups in total. The lowest BCUT2D eigenvalue weighted by Crippen LogP contribution is -2.17. The number of carbonyl (C=O) groups excluding carboxylic acids is 1. The summed E-state index contributed by atoms with van der Waals surface area (Å²) >= 11 is 4.88. The third-order valence-corrected chi connectivity index (χ3v) is 3.68. The summed E-state index contributed by atoms with van der Waals surface area (Å²) < 4.78 is 6.04. The number of nitrogens with one attached hydrogen (secondary N) is 1. The summed E-state index contributed by atoms with van der Waals surface area (Å²) in [5.41, 5.74) is 2.94. The molecule has 0 aliphatic heterocycles. The predicted molar refractivity (Wildman–Crippen MR) is 70.5 cm³/mol. The summed E-state index contributed by atoms with van der Waals surface area (Å²) in [6.45, 7) is 1.73. The molecule has 0 fully saturated rings. The second-order valence-electron chi connectivity index (χ2n) is 3.26. The Morgan fingerprint density at radius 2 is 2.47 bits per heavy atom. The molecule has 0 spiro atoms. The second kappa shape index (κ2) is 5.29. The van der Waals surface area contributed by atoms with Crippen molar-refractivity contribution in [3.05, 3.63) is 44.4 Å². The minimum atomic E-state index is -0.275. The molecule has 0 saturated heterocycles. The van der Waals surface area contributed by atoms with Gasteiger partial charge in [0.1, 0.15) is 5.76 Å². The number of hydrogen-bond acceptors (Lipinski definition) is 4. The average Bonchev–Trinajstić information content (AvgIpc) is 2.87. The number of carbonyl (C=O) groups is 1. The van der Waals surface area contributed by atoms with E-state index in [0.29, 0.717) is 11.3 Å². The van der Waals surface area contributed by atoms with Crippen molar-refractivity contribution in [2.45, 2.75) is 6.92 Å². The van der Waals surface area contributed by atoms with Crippen LogP contribution < -0.4 is 5.43 Å². The molecule has 1 amide bonds. The van der Waals surface area contributed by atoms with E-state index >= 15 is 0 Å². The first-order valence-electron chi connectivity index (χ1n) is 4.78. The Morgan fingerprint density at radius 3 is 3.06 bits per heavy atom. The normalized spacial score (nSPS) is 10.9. The van der Waals surface area contributed by atoms with E-state index in [-0.39, 0.29) is 5.91 Å². The van der Waals surface area contributed by atoms with Gasteiger partial charge < -0.3 is 4.42 Å². The summed E-state index contributed by atoms with van der Waals surface area (Å²) in [7, 11) is 0. The Balaban J connectivity index is 1.97. The average molecular weight is 313 g/mol. The van der Waals surface area contributed by atoms with Crippen LogP contribution >= 0.6 is 27.3 Å². The Hall–Kier alpha value is -1.40. The van der Waals surface area contributed by atoms with Crippen LogP contribution in [0, 0.1) is 6.92 Å². The molecule has 4 nitrogen and oxygen atoms in total. The van der Waals surface area contributed by atoms with E-state index in [2.05, 4.69) is 26.5 Å². The molecule has 0 aliphatic rings. The third-order valence-electron chi connectivity index (χ3n) is 2.05. The molecular formula is C11H9BrN2O2S. The maximum absolute atomic E-state index is 11.6. The van der Waals surface area contributed by atoms with Crippen LogP contribution in [-0.2, 0) is 0 Å². The highest BCUT2D eigenvalue weighted by Crippen LogP contribution is 2.17. The predicted octanol–water partition coefficient (Wildman–Crippen LogP) is 3.18. The van der Waals surface area contributed by atoms with Gasteiger partial charge in [0.15, 0.2) is 0 Å². The van der Waals surface area contributed by atoms with Crippen LogP contribution in [0.3, 0.4) is 0 Å². The van der Waals surface area contributed by atoms with Crippen LogP contribution in [0.1, 0.15) is 21.0 Å². The summed E-state index contributed by atoms with van der Waals surface area (Å²) in [6.07, 6.45) is 3.08. The van der Waals surface area contributed by atoms with Crippen LogP contribution in [0.25, 0.3) is 0 Å². The van der Waals surface area contributed by atoms with Gasteiger partial charge in [-0.1, -0.05) is 0 Å². The molecule has 0 saturated carbocycles. The first-order valence-corrected chi connectivity index (χ1v) is 6.45. The number of rotatable bonds is 3. The van der Waals surface area contributed by atoms with Crippen molar-refractivity contribution in [3.8, 4) is 0 Å². The number of hydrazone groups is 1. The highest BCUT2D eigenvalue weighted by Gasteiger charge is 2.09. The number of amides is 1. The number of halogens is 1. The Labute approximate surface area is 110 Å². The zero-order valence-corrected chi connectivity index (χ0v) is 11.3. The SMILES string of the molecule is Cc1occc1C(=O)N/N=C/c1cc(Br)cs1. The fourth-order valence-electron chi connectivity index (χ4n) is 1.23. The van der Waals surface area contributed by atoms with Crippen LogP contribution in [0.2, 0.25) is 0 Å². The lowest BCUT2D eigenvalue weighted by Gasteiger charge is -1.96. The summed E-state index contributed by atoms with van der Waals surface area (Å²) in [5.74, 6) is 0.305.